The van der Waals surface area contributed by atoms with E-state index in [0.29, 0.717) is 18.9 Å². The number of carboxylic acid groups (broad SMARTS) is 1. The quantitative estimate of drug-likeness (QED) is 0.879. The van der Waals surface area contributed by atoms with Crippen molar-refractivity contribution >= 4 is 11.9 Å². The molecule has 1 fully saturated rings. The van der Waals surface area contributed by atoms with Crippen LogP contribution in [0.4, 0.5) is 0 Å². The number of nitrogens with zero attached hydrogens (tertiary/aromatic N) is 3. The molecule has 2 heterocycles. The van der Waals surface area contributed by atoms with Gasteiger partial charge in [-0.2, -0.15) is 0 Å². The van der Waals surface area contributed by atoms with Crippen LogP contribution in [0.25, 0.3) is 0 Å². The minimum absolute atomic E-state index is 0. The second-order valence-corrected chi connectivity index (χ2v) is 5.07. The molecule has 0 aliphatic carbocycles. The molecule has 1 saturated heterocycles. The highest BCUT2D eigenvalue weighted by Crippen LogP contribution is 2.23. The van der Waals surface area contributed by atoms with Crippen molar-refractivity contribution in [2.75, 3.05) is 6.54 Å². The molecule has 2 rings (SSSR count). The average Bonchev–Trinajstić information content (AvgIpc) is 3.08. The largest absolute Gasteiger partial charge is 0.475 e. The Morgan fingerprint density at radius 2 is 1.92 bits per heavy atom. The maximum Gasteiger partial charge on any atom is 0.372 e. The highest BCUT2D eigenvalue weighted by Gasteiger charge is 2.29. The third-order valence-corrected chi connectivity index (χ3v) is 3.62. The Morgan fingerprint density at radius 1 is 1.33 bits per heavy atom. The van der Waals surface area contributed by atoms with Gasteiger partial charge in [-0.1, -0.05) is 48.5 Å². The monoisotopic (exact) mass is 341 g/mol. The van der Waals surface area contributed by atoms with Crippen LogP contribution >= 0.6 is 0 Å². The van der Waals surface area contributed by atoms with E-state index in [9.17, 15) is 9.59 Å². The molecule has 1 amide bonds. The van der Waals surface area contributed by atoms with Crippen LogP contribution in [0, 0.1) is 5.92 Å². The number of hydrogen-bond donors (Lipinski definition) is 1. The molecule has 1 aromatic heterocycles. The number of rotatable bonds is 5. The topological polar surface area (TPSA) is 75.4 Å². The summed E-state index contributed by atoms with van der Waals surface area (Å²) in [6, 6.07) is 0. The summed E-state index contributed by atoms with van der Waals surface area (Å²) >= 11 is 0. The predicted molar refractivity (Wildman–Crippen MR) is 98.0 cm³/mol. The molecule has 1 aliphatic heterocycles. The lowest BCUT2D eigenvalue weighted by Crippen LogP contribution is -2.26. The van der Waals surface area contributed by atoms with E-state index in [1.165, 1.54) is 10.8 Å². The molecule has 6 heteroatoms. The fourth-order valence-electron chi connectivity index (χ4n) is 2.59. The van der Waals surface area contributed by atoms with Crippen molar-refractivity contribution in [1.82, 2.24) is 14.5 Å². The van der Waals surface area contributed by atoms with Gasteiger partial charge in [0.15, 0.2) is 0 Å². The van der Waals surface area contributed by atoms with Crippen LogP contribution in [-0.4, -0.2) is 38.0 Å². The zero-order chi connectivity index (χ0) is 18.0. The lowest BCUT2D eigenvalue weighted by atomic mass is 10.0. The first-order valence-electron chi connectivity index (χ1n) is 8.54. The van der Waals surface area contributed by atoms with Crippen LogP contribution in [0.2, 0.25) is 0 Å². The molecular weight excluding hydrogens is 306 g/mol. The molecule has 0 spiro atoms. The number of aromatic carboxylic acids is 1. The number of imidazole rings is 1. The van der Waals surface area contributed by atoms with Crippen molar-refractivity contribution in [3.63, 3.8) is 0 Å². The number of amides is 1. The number of aromatic nitrogens is 2. The molecular formula is C18H35N3O3. The molecule has 6 nitrogen and oxygen atoms in total. The Balaban J connectivity index is 0. The zero-order valence-electron chi connectivity index (χ0n) is 15.3. The van der Waals surface area contributed by atoms with Gasteiger partial charge < -0.3 is 14.6 Å². The maximum atomic E-state index is 11.9. The second-order valence-electron chi connectivity index (χ2n) is 5.07. The first-order chi connectivity index (χ1) is 11.0. The van der Waals surface area contributed by atoms with Gasteiger partial charge in [0.2, 0.25) is 11.7 Å². The van der Waals surface area contributed by atoms with Gasteiger partial charge in [0.05, 0.1) is 18.4 Å². The minimum atomic E-state index is -1.05. The second kappa shape index (κ2) is 12.6. The highest BCUT2D eigenvalue weighted by atomic mass is 16.4. The summed E-state index contributed by atoms with van der Waals surface area (Å²) in [6.07, 6.45) is 4.29. The predicted octanol–water partition coefficient (Wildman–Crippen LogP) is 3.96. The first kappa shape index (κ1) is 24.4. The summed E-state index contributed by atoms with van der Waals surface area (Å²) in [5.74, 6) is -0.460. The fraction of sp³-hybridized carbons (Fsp3) is 0.722. The number of carbonyl (C=O) groups is 2. The van der Waals surface area contributed by atoms with Crippen LogP contribution in [0.5, 0.6) is 0 Å². The van der Waals surface area contributed by atoms with Crippen LogP contribution in [0.1, 0.15) is 77.6 Å². The molecule has 1 aliphatic rings. The summed E-state index contributed by atoms with van der Waals surface area (Å²) in [5.41, 5.74) is 0.753. The van der Waals surface area contributed by atoms with Gasteiger partial charge in [-0.3, -0.25) is 4.79 Å². The van der Waals surface area contributed by atoms with Gasteiger partial charge in [-0.05, 0) is 12.3 Å². The first-order valence-corrected chi connectivity index (χ1v) is 8.54. The van der Waals surface area contributed by atoms with Crippen molar-refractivity contribution in [3.05, 3.63) is 17.7 Å². The van der Waals surface area contributed by atoms with E-state index in [4.69, 9.17) is 5.11 Å². The number of carbonyl (C=O) groups excluding carboxylic acids is 1. The van der Waals surface area contributed by atoms with Crippen LogP contribution in [0.15, 0.2) is 6.20 Å². The van der Waals surface area contributed by atoms with Crippen molar-refractivity contribution in [2.24, 2.45) is 13.0 Å². The van der Waals surface area contributed by atoms with E-state index in [-0.39, 0.29) is 19.2 Å². The summed E-state index contributed by atoms with van der Waals surface area (Å²) in [7, 11) is 1.66. The Hall–Kier alpha value is -1.85. The SMILES string of the molecule is C.CC.CC.CCCC1CC(=O)N(Cc2cnc(C(=O)O)n2C)C1. The smallest absolute Gasteiger partial charge is 0.372 e. The van der Waals surface area contributed by atoms with Crippen molar-refractivity contribution in [2.45, 2.75) is 67.9 Å². The molecule has 0 saturated carbocycles. The summed E-state index contributed by atoms with van der Waals surface area (Å²) < 4.78 is 1.53. The normalized spacial score (nSPS) is 15.7. The highest BCUT2D eigenvalue weighted by molar-refractivity contribution is 5.83. The summed E-state index contributed by atoms with van der Waals surface area (Å²) in [4.78, 5) is 28.5. The van der Waals surface area contributed by atoms with Gasteiger partial charge in [0.1, 0.15) is 0 Å². The van der Waals surface area contributed by atoms with E-state index in [0.717, 1.165) is 25.1 Å². The number of hydrogen-bond acceptors (Lipinski definition) is 3. The molecule has 1 aromatic rings. The van der Waals surface area contributed by atoms with Crippen LogP contribution in [-0.2, 0) is 18.4 Å². The number of carboxylic acids is 1. The van der Waals surface area contributed by atoms with Gasteiger partial charge in [-0.25, -0.2) is 9.78 Å². The standard InChI is InChI=1S/C13H19N3O3.2C2H6.CH4/c1-3-4-9-5-11(17)16(7-9)8-10-6-14-12(13(18)19)15(10)2;2*1-2;/h6,9H,3-5,7-8H2,1-2H3,(H,18,19);2*1-2H3;1H4. The molecule has 1 N–H and O–H groups in total. The molecule has 1 unspecified atom stereocenters. The summed E-state index contributed by atoms with van der Waals surface area (Å²) in [5, 5.41) is 8.94. The van der Waals surface area contributed by atoms with Crippen molar-refractivity contribution in [3.8, 4) is 0 Å². The Morgan fingerprint density at radius 3 is 2.38 bits per heavy atom. The van der Waals surface area contributed by atoms with E-state index >= 15 is 0 Å². The Kier molecular flexibility index (Phi) is 12.8. The van der Waals surface area contributed by atoms with E-state index < -0.39 is 5.97 Å². The molecule has 140 valence electrons. The van der Waals surface area contributed by atoms with Crippen molar-refractivity contribution in [1.29, 1.82) is 0 Å². The number of likely N-dealkylation sites (tertiary alicyclic amines) is 1. The zero-order valence-corrected chi connectivity index (χ0v) is 15.3. The van der Waals surface area contributed by atoms with E-state index in [2.05, 4.69) is 11.9 Å². The lowest BCUT2D eigenvalue weighted by molar-refractivity contribution is -0.128. The van der Waals surface area contributed by atoms with Gasteiger partial charge >= 0.3 is 5.97 Å². The van der Waals surface area contributed by atoms with Gasteiger partial charge in [0, 0.05) is 20.0 Å². The minimum Gasteiger partial charge on any atom is -0.475 e. The average molecular weight is 341 g/mol. The molecule has 1 atom stereocenters. The van der Waals surface area contributed by atoms with Gasteiger partial charge in [0.25, 0.3) is 0 Å². The fourth-order valence-corrected chi connectivity index (χ4v) is 2.59. The Labute approximate surface area is 146 Å². The van der Waals surface area contributed by atoms with Crippen LogP contribution in [0.3, 0.4) is 0 Å². The third kappa shape index (κ3) is 6.34. The third-order valence-electron chi connectivity index (χ3n) is 3.62. The summed E-state index contributed by atoms with van der Waals surface area (Å²) in [6.45, 7) is 11.3. The van der Waals surface area contributed by atoms with Crippen molar-refractivity contribution < 1.29 is 14.7 Å². The lowest BCUT2D eigenvalue weighted by Gasteiger charge is -2.16. The Bertz CT molecular complexity index is 498. The van der Waals surface area contributed by atoms with E-state index in [1.54, 1.807) is 11.9 Å². The van der Waals surface area contributed by atoms with E-state index in [1.807, 2.05) is 27.7 Å². The van der Waals surface area contributed by atoms with Crippen LogP contribution < -0.4 is 0 Å². The maximum absolute atomic E-state index is 11.9. The molecule has 0 aromatic carbocycles. The van der Waals surface area contributed by atoms with Gasteiger partial charge in [-0.15, -0.1) is 0 Å². The molecule has 0 bridgehead atoms. The molecule has 24 heavy (non-hydrogen) atoms. The molecule has 0 radical (unpaired) electrons.